The monoisotopic (exact) mass is 408 g/mol. The normalized spacial score (nSPS) is 20.8. The smallest absolute Gasteiger partial charge is 0.330 e. The zero-order chi connectivity index (χ0) is 21.0. The first kappa shape index (κ1) is 21.8. The minimum atomic E-state index is -0.365. The van der Waals surface area contributed by atoms with Crippen molar-refractivity contribution in [3.8, 4) is 0 Å². The maximum atomic E-state index is 11.4. The number of benzene rings is 2. The van der Waals surface area contributed by atoms with E-state index in [0.717, 1.165) is 11.1 Å². The van der Waals surface area contributed by atoms with Crippen molar-refractivity contribution < 1.29 is 23.7 Å². The van der Waals surface area contributed by atoms with E-state index in [9.17, 15) is 4.79 Å². The van der Waals surface area contributed by atoms with Gasteiger partial charge in [0.2, 0.25) is 0 Å². The molecule has 1 heterocycles. The van der Waals surface area contributed by atoms with Crippen LogP contribution in [-0.4, -0.2) is 31.9 Å². The molecule has 0 fully saturated rings. The molecule has 2 aromatic carbocycles. The van der Waals surface area contributed by atoms with Crippen LogP contribution in [0.2, 0.25) is 0 Å². The third-order valence-electron chi connectivity index (χ3n) is 4.91. The first-order chi connectivity index (χ1) is 14.8. The Morgan fingerprint density at radius 1 is 1.00 bits per heavy atom. The fourth-order valence-corrected chi connectivity index (χ4v) is 3.31. The van der Waals surface area contributed by atoms with Crippen LogP contribution in [-0.2, 0) is 37.0 Å². The molecule has 1 aliphatic heterocycles. The molecule has 0 saturated carbocycles. The maximum Gasteiger partial charge on any atom is 0.330 e. The van der Waals surface area contributed by atoms with Crippen LogP contribution >= 0.6 is 0 Å². The standard InChI is InChI=1S/C25H28O5/c1-27-24(26)14-8-13-22-15-16-29-23(19-28-17-20-9-4-2-5-10-20)25(22)30-18-21-11-6-3-7-12-21/h2-12,14-16,22-23,25H,13,17-19H2,1H3/b14-8-/t22-,23+,25-/m0/s1. The molecule has 0 amide bonds. The fraction of sp³-hybridized carbons (Fsp3) is 0.320. The lowest BCUT2D eigenvalue weighted by atomic mass is 9.92. The van der Waals surface area contributed by atoms with Gasteiger partial charge in [-0.25, -0.2) is 4.79 Å². The predicted molar refractivity (Wildman–Crippen MR) is 114 cm³/mol. The molecule has 5 heteroatoms. The Hall–Kier alpha value is -2.89. The molecule has 158 valence electrons. The summed E-state index contributed by atoms with van der Waals surface area (Å²) in [6.07, 6.45) is 7.14. The van der Waals surface area contributed by atoms with Crippen molar-refractivity contribution in [3.63, 3.8) is 0 Å². The zero-order valence-electron chi connectivity index (χ0n) is 17.2. The van der Waals surface area contributed by atoms with Crippen molar-refractivity contribution in [1.82, 2.24) is 0 Å². The average Bonchev–Trinajstić information content (AvgIpc) is 2.79. The van der Waals surface area contributed by atoms with Gasteiger partial charge in [0.15, 0.2) is 0 Å². The molecule has 3 atom stereocenters. The van der Waals surface area contributed by atoms with Gasteiger partial charge in [-0.05, 0) is 23.6 Å². The zero-order valence-corrected chi connectivity index (χ0v) is 17.2. The van der Waals surface area contributed by atoms with Crippen molar-refractivity contribution in [2.45, 2.75) is 31.8 Å². The van der Waals surface area contributed by atoms with E-state index in [-0.39, 0.29) is 24.1 Å². The third-order valence-corrected chi connectivity index (χ3v) is 4.91. The number of ether oxygens (including phenoxy) is 4. The number of rotatable bonds is 10. The lowest BCUT2D eigenvalue weighted by Crippen LogP contribution is -2.41. The summed E-state index contributed by atoms with van der Waals surface area (Å²) in [5.74, 6) is -0.302. The Morgan fingerprint density at radius 3 is 2.33 bits per heavy atom. The Morgan fingerprint density at radius 2 is 1.67 bits per heavy atom. The molecular weight excluding hydrogens is 380 g/mol. The largest absolute Gasteiger partial charge is 0.493 e. The number of hydrogen-bond acceptors (Lipinski definition) is 5. The van der Waals surface area contributed by atoms with Crippen molar-refractivity contribution in [2.75, 3.05) is 13.7 Å². The highest BCUT2D eigenvalue weighted by Crippen LogP contribution is 2.26. The average molecular weight is 408 g/mol. The van der Waals surface area contributed by atoms with E-state index >= 15 is 0 Å². The number of hydrogen-bond donors (Lipinski definition) is 0. The van der Waals surface area contributed by atoms with Gasteiger partial charge in [-0.3, -0.25) is 0 Å². The van der Waals surface area contributed by atoms with Gasteiger partial charge in [-0.1, -0.05) is 66.7 Å². The molecular formula is C25H28O5. The molecule has 2 aromatic rings. The lowest BCUT2D eigenvalue weighted by molar-refractivity contribution is -0.134. The number of esters is 1. The minimum Gasteiger partial charge on any atom is -0.493 e. The number of carbonyl (C=O) groups excluding carboxylic acids is 1. The van der Waals surface area contributed by atoms with Crippen LogP contribution in [0.15, 0.2) is 85.2 Å². The van der Waals surface area contributed by atoms with Gasteiger partial charge in [-0.2, -0.15) is 0 Å². The summed E-state index contributed by atoms with van der Waals surface area (Å²) in [5, 5.41) is 0. The van der Waals surface area contributed by atoms with E-state index < -0.39 is 0 Å². The van der Waals surface area contributed by atoms with Crippen LogP contribution in [0.3, 0.4) is 0 Å². The van der Waals surface area contributed by atoms with Crippen molar-refractivity contribution in [3.05, 3.63) is 96.3 Å². The summed E-state index contributed by atoms with van der Waals surface area (Å²) in [7, 11) is 1.37. The van der Waals surface area contributed by atoms with Crippen molar-refractivity contribution in [1.29, 1.82) is 0 Å². The molecule has 1 aliphatic rings. The maximum absolute atomic E-state index is 11.4. The van der Waals surface area contributed by atoms with Crippen LogP contribution in [0.5, 0.6) is 0 Å². The Labute approximate surface area is 177 Å². The Balaban J connectivity index is 1.62. The van der Waals surface area contributed by atoms with Gasteiger partial charge in [0, 0.05) is 12.0 Å². The molecule has 0 saturated heterocycles. The summed E-state index contributed by atoms with van der Waals surface area (Å²) in [4.78, 5) is 11.4. The summed E-state index contributed by atoms with van der Waals surface area (Å²) in [5.41, 5.74) is 2.21. The Kier molecular flexibility index (Phi) is 8.69. The van der Waals surface area contributed by atoms with Gasteiger partial charge in [-0.15, -0.1) is 0 Å². The molecule has 0 bridgehead atoms. The van der Waals surface area contributed by atoms with Crippen LogP contribution in [0.25, 0.3) is 0 Å². The van der Waals surface area contributed by atoms with Gasteiger partial charge in [0.1, 0.15) is 12.2 Å². The second-order valence-electron chi connectivity index (χ2n) is 7.09. The van der Waals surface area contributed by atoms with E-state index in [0.29, 0.717) is 26.2 Å². The molecule has 0 unspecified atom stereocenters. The highest BCUT2D eigenvalue weighted by Gasteiger charge is 2.32. The van der Waals surface area contributed by atoms with Crippen LogP contribution < -0.4 is 0 Å². The molecule has 0 aromatic heterocycles. The molecule has 5 nitrogen and oxygen atoms in total. The van der Waals surface area contributed by atoms with Crippen LogP contribution in [0.1, 0.15) is 17.5 Å². The second-order valence-corrected chi connectivity index (χ2v) is 7.09. The van der Waals surface area contributed by atoms with Gasteiger partial charge >= 0.3 is 5.97 Å². The topological polar surface area (TPSA) is 54.0 Å². The molecule has 0 N–H and O–H groups in total. The first-order valence-corrected chi connectivity index (χ1v) is 10.1. The quantitative estimate of drug-likeness (QED) is 0.430. The summed E-state index contributed by atoms with van der Waals surface area (Å²) in [6, 6.07) is 20.1. The molecule has 0 spiro atoms. The number of allylic oxidation sites excluding steroid dienone is 1. The fourth-order valence-electron chi connectivity index (χ4n) is 3.31. The second kappa shape index (κ2) is 12.0. The van der Waals surface area contributed by atoms with E-state index in [4.69, 9.17) is 14.2 Å². The van der Waals surface area contributed by atoms with Crippen LogP contribution in [0.4, 0.5) is 0 Å². The SMILES string of the molecule is COC(=O)/C=C\C[C@H]1C=CO[C@H](COCc2ccccc2)[C@H]1OCc1ccccc1. The highest BCUT2D eigenvalue weighted by atomic mass is 16.6. The first-order valence-electron chi connectivity index (χ1n) is 10.1. The van der Waals surface area contributed by atoms with E-state index in [1.165, 1.54) is 13.2 Å². The summed E-state index contributed by atoms with van der Waals surface area (Å²) >= 11 is 0. The van der Waals surface area contributed by atoms with E-state index in [1.807, 2.05) is 72.8 Å². The van der Waals surface area contributed by atoms with Gasteiger partial charge in [0.05, 0.1) is 33.2 Å². The summed E-state index contributed by atoms with van der Waals surface area (Å²) in [6.45, 7) is 1.41. The van der Waals surface area contributed by atoms with E-state index in [2.05, 4.69) is 4.74 Å². The minimum absolute atomic E-state index is 0.0636. The summed E-state index contributed by atoms with van der Waals surface area (Å²) < 4.78 is 22.7. The van der Waals surface area contributed by atoms with Crippen molar-refractivity contribution in [2.24, 2.45) is 5.92 Å². The molecule has 0 aliphatic carbocycles. The third kappa shape index (κ3) is 6.87. The number of carbonyl (C=O) groups is 1. The van der Waals surface area contributed by atoms with Crippen LogP contribution in [0, 0.1) is 5.92 Å². The molecule has 0 radical (unpaired) electrons. The molecule has 3 rings (SSSR count). The molecule has 30 heavy (non-hydrogen) atoms. The van der Waals surface area contributed by atoms with E-state index in [1.54, 1.807) is 6.26 Å². The van der Waals surface area contributed by atoms with Gasteiger partial charge in [0.25, 0.3) is 0 Å². The highest BCUT2D eigenvalue weighted by molar-refractivity contribution is 5.81. The van der Waals surface area contributed by atoms with Gasteiger partial charge < -0.3 is 18.9 Å². The Bertz CT molecular complexity index is 816. The predicted octanol–water partition coefficient (Wildman–Crippen LogP) is 4.44. The number of methoxy groups -OCH3 is 1. The lowest BCUT2D eigenvalue weighted by Gasteiger charge is -2.34. The van der Waals surface area contributed by atoms with Crippen molar-refractivity contribution >= 4 is 5.97 Å².